The number of aryl methyl sites for hydroxylation is 1. The maximum Gasteiger partial charge on any atom is 0.0909 e. The lowest BCUT2D eigenvalue weighted by molar-refractivity contribution is 0.00413. The minimum Gasteiger partial charge on any atom is -0.387 e. The maximum atomic E-state index is 10.5. The van der Waals surface area contributed by atoms with E-state index in [1.165, 1.54) is 11.3 Å². The van der Waals surface area contributed by atoms with E-state index in [0.29, 0.717) is 0 Å². The van der Waals surface area contributed by atoms with Crippen molar-refractivity contribution in [2.75, 3.05) is 45.8 Å². The molecule has 5 heteroatoms. The lowest BCUT2D eigenvalue weighted by Crippen LogP contribution is -2.52. The normalized spacial score (nSPS) is 28.1. The van der Waals surface area contributed by atoms with Crippen molar-refractivity contribution in [1.82, 2.24) is 20.1 Å². The van der Waals surface area contributed by atoms with Crippen molar-refractivity contribution in [2.45, 2.75) is 25.5 Å². The molecule has 1 atom stereocenters. The van der Waals surface area contributed by atoms with E-state index in [1.807, 2.05) is 12.3 Å². The van der Waals surface area contributed by atoms with Crippen LogP contribution >= 0.6 is 0 Å². The number of aliphatic hydroxyl groups is 1. The number of nitrogens with zero attached hydrogens (tertiary/aromatic N) is 3. The highest BCUT2D eigenvalue weighted by Crippen LogP contribution is 2.17. The zero-order chi connectivity index (χ0) is 14.7. The molecule has 0 saturated carbocycles. The molecule has 0 spiro atoms. The second kappa shape index (κ2) is 6.40. The first-order valence-electron chi connectivity index (χ1n) is 7.93. The van der Waals surface area contributed by atoms with Crippen molar-refractivity contribution in [3.63, 3.8) is 0 Å². The monoisotopic (exact) mass is 290 g/mol. The van der Waals surface area contributed by atoms with Crippen LogP contribution in [0, 0.1) is 6.92 Å². The summed E-state index contributed by atoms with van der Waals surface area (Å²) < 4.78 is 0. The van der Waals surface area contributed by atoms with Crippen LogP contribution in [-0.2, 0) is 6.54 Å². The second-order valence-electron chi connectivity index (χ2n) is 6.47. The van der Waals surface area contributed by atoms with Gasteiger partial charge in [-0.3, -0.25) is 14.8 Å². The maximum absolute atomic E-state index is 10.5. The third kappa shape index (κ3) is 3.80. The van der Waals surface area contributed by atoms with Gasteiger partial charge in [0.2, 0.25) is 0 Å². The van der Waals surface area contributed by atoms with Crippen LogP contribution in [0.3, 0.4) is 0 Å². The predicted molar refractivity (Wildman–Crippen MR) is 83.1 cm³/mol. The average molecular weight is 290 g/mol. The minimum atomic E-state index is -0.514. The summed E-state index contributed by atoms with van der Waals surface area (Å²) in [6.07, 6.45) is 2.75. The number of piperazine rings is 1. The molecule has 0 radical (unpaired) electrons. The topological polar surface area (TPSA) is 51.6 Å². The highest BCUT2D eigenvalue weighted by molar-refractivity contribution is 5.17. The molecule has 3 rings (SSSR count). The molecule has 2 aliphatic heterocycles. The van der Waals surface area contributed by atoms with Crippen molar-refractivity contribution >= 4 is 0 Å². The largest absolute Gasteiger partial charge is 0.387 e. The molecule has 0 aliphatic carbocycles. The number of rotatable bonds is 4. The van der Waals surface area contributed by atoms with Crippen LogP contribution in [-0.4, -0.2) is 71.3 Å². The fourth-order valence-electron chi connectivity index (χ4n) is 3.28. The van der Waals surface area contributed by atoms with Crippen molar-refractivity contribution < 1.29 is 5.11 Å². The van der Waals surface area contributed by atoms with Crippen LogP contribution in [0.25, 0.3) is 0 Å². The summed E-state index contributed by atoms with van der Waals surface area (Å²) in [5, 5.41) is 13.7. The van der Waals surface area contributed by atoms with Gasteiger partial charge in [0, 0.05) is 52.0 Å². The summed E-state index contributed by atoms with van der Waals surface area (Å²) in [7, 11) is 0. The third-order valence-corrected chi connectivity index (χ3v) is 4.70. The lowest BCUT2D eigenvalue weighted by atomic mass is 10.0. The van der Waals surface area contributed by atoms with E-state index in [1.54, 1.807) is 0 Å². The first kappa shape index (κ1) is 14.9. The Morgan fingerprint density at radius 2 is 2.05 bits per heavy atom. The Morgan fingerprint density at radius 3 is 2.71 bits per heavy atom. The highest BCUT2D eigenvalue weighted by Gasteiger charge is 2.33. The van der Waals surface area contributed by atoms with Gasteiger partial charge in [-0.05, 0) is 31.5 Å². The highest BCUT2D eigenvalue weighted by atomic mass is 16.3. The Labute approximate surface area is 127 Å². The van der Waals surface area contributed by atoms with Gasteiger partial charge in [-0.15, -0.1) is 0 Å². The standard InChI is InChI=1S/C16H26N4O/c1-14-3-2-5-18-15(14)11-19-7-9-20(10-8-19)13-16(21)4-6-17-12-16/h2-3,5,17,21H,4,6-13H2,1H3/t16-/m1/s1. The molecule has 0 unspecified atom stereocenters. The van der Waals surface area contributed by atoms with Gasteiger partial charge in [-0.2, -0.15) is 0 Å². The van der Waals surface area contributed by atoms with Crippen LogP contribution < -0.4 is 5.32 Å². The van der Waals surface area contributed by atoms with Gasteiger partial charge in [-0.1, -0.05) is 6.07 Å². The van der Waals surface area contributed by atoms with Crippen molar-refractivity contribution in [2.24, 2.45) is 0 Å². The molecule has 1 aromatic rings. The average Bonchev–Trinajstić information content (AvgIpc) is 2.90. The number of nitrogens with one attached hydrogen (secondary N) is 1. The van der Waals surface area contributed by atoms with Crippen LogP contribution in [0.1, 0.15) is 17.7 Å². The quantitative estimate of drug-likeness (QED) is 0.831. The van der Waals surface area contributed by atoms with E-state index in [4.69, 9.17) is 0 Å². The first-order chi connectivity index (χ1) is 10.1. The molecule has 2 fully saturated rings. The molecule has 0 aromatic carbocycles. The molecule has 2 N–H and O–H groups in total. The van der Waals surface area contributed by atoms with E-state index in [2.05, 4.69) is 33.1 Å². The summed E-state index contributed by atoms with van der Waals surface area (Å²) >= 11 is 0. The smallest absolute Gasteiger partial charge is 0.0909 e. The number of aromatic nitrogens is 1. The fraction of sp³-hybridized carbons (Fsp3) is 0.688. The van der Waals surface area contributed by atoms with Crippen molar-refractivity contribution in [3.05, 3.63) is 29.6 Å². The molecular weight excluding hydrogens is 264 g/mol. The molecule has 5 nitrogen and oxygen atoms in total. The molecule has 3 heterocycles. The van der Waals surface area contributed by atoms with Crippen molar-refractivity contribution in [3.8, 4) is 0 Å². The zero-order valence-corrected chi connectivity index (χ0v) is 12.9. The van der Waals surface area contributed by atoms with Gasteiger partial charge in [0.05, 0.1) is 11.3 Å². The molecule has 116 valence electrons. The zero-order valence-electron chi connectivity index (χ0n) is 12.9. The summed E-state index contributed by atoms with van der Waals surface area (Å²) in [6, 6.07) is 4.12. The van der Waals surface area contributed by atoms with E-state index >= 15 is 0 Å². The van der Waals surface area contributed by atoms with Crippen LogP contribution in [0.5, 0.6) is 0 Å². The first-order valence-corrected chi connectivity index (χ1v) is 7.93. The van der Waals surface area contributed by atoms with E-state index in [0.717, 1.165) is 58.8 Å². The van der Waals surface area contributed by atoms with E-state index in [-0.39, 0.29) is 0 Å². The molecule has 0 bridgehead atoms. The number of pyridine rings is 1. The Bertz CT molecular complexity index is 465. The summed E-state index contributed by atoms with van der Waals surface area (Å²) in [6.45, 7) is 9.72. The van der Waals surface area contributed by atoms with Crippen LogP contribution in [0.4, 0.5) is 0 Å². The Morgan fingerprint density at radius 1 is 1.29 bits per heavy atom. The molecule has 2 aliphatic rings. The van der Waals surface area contributed by atoms with Crippen LogP contribution in [0.15, 0.2) is 18.3 Å². The van der Waals surface area contributed by atoms with Crippen molar-refractivity contribution in [1.29, 1.82) is 0 Å². The molecular formula is C16H26N4O. The molecule has 21 heavy (non-hydrogen) atoms. The van der Waals surface area contributed by atoms with E-state index in [9.17, 15) is 5.11 Å². The van der Waals surface area contributed by atoms with Gasteiger partial charge >= 0.3 is 0 Å². The Kier molecular flexibility index (Phi) is 4.54. The Hall–Kier alpha value is -1.01. The summed E-state index contributed by atoms with van der Waals surface area (Å²) in [4.78, 5) is 9.34. The second-order valence-corrected chi connectivity index (χ2v) is 6.47. The van der Waals surface area contributed by atoms with E-state index < -0.39 is 5.60 Å². The van der Waals surface area contributed by atoms with Gasteiger partial charge in [0.25, 0.3) is 0 Å². The van der Waals surface area contributed by atoms with Crippen LogP contribution in [0.2, 0.25) is 0 Å². The number of hydrogen-bond donors (Lipinski definition) is 2. The lowest BCUT2D eigenvalue weighted by Gasteiger charge is -2.38. The summed E-state index contributed by atoms with van der Waals surface area (Å²) in [5.41, 5.74) is 1.94. The van der Waals surface area contributed by atoms with Gasteiger partial charge in [-0.25, -0.2) is 0 Å². The Balaban J connectivity index is 1.48. The molecule has 0 amide bonds. The minimum absolute atomic E-state index is 0.514. The third-order valence-electron chi connectivity index (χ3n) is 4.70. The predicted octanol–water partition coefficient (Wildman–Crippen LogP) is 0.232. The summed E-state index contributed by atoms with van der Waals surface area (Å²) in [5.74, 6) is 0. The number of hydrogen-bond acceptors (Lipinski definition) is 5. The molecule has 2 saturated heterocycles. The van der Waals surface area contributed by atoms with Gasteiger partial charge in [0.15, 0.2) is 0 Å². The SMILES string of the molecule is Cc1cccnc1CN1CCN(C[C@@]2(O)CCNC2)CC1. The van der Waals surface area contributed by atoms with Gasteiger partial charge in [0.1, 0.15) is 0 Å². The van der Waals surface area contributed by atoms with Gasteiger partial charge < -0.3 is 10.4 Å². The fourth-order valence-corrected chi connectivity index (χ4v) is 3.28. The molecule has 1 aromatic heterocycles. The number of β-amino-alcohol motifs (C(OH)–C–C–N with tert-alkyl or cyclic N) is 1.